The zero-order valence-corrected chi connectivity index (χ0v) is 9.87. The Morgan fingerprint density at radius 2 is 2.17 bits per heavy atom. The third-order valence-corrected chi connectivity index (χ3v) is 3.23. The summed E-state index contributed by atoms with van der Waals surface area (Å²) in [5, 5.41) is 16.9. The van der Waals surface area contributed by atoms with E-state index in [1.807, 2.05) is 0 Å². The lowest BCUT2D eigenvalue weighted by molar-refractivity contribution is -0.136. The van der Waals surface area contributed by atoms with Crippen LogP contribution in [-0.4, -0.2) is 25.2 Å². The van der Waals surface area contributed by atoms with Crippen LogP contribution in [0.4, 0.5) is 10.1 Å². The van der Waals surface area contributed by atoms with Crippen LogP contribution in [0.3, 0.4) is 0 Å². The Bertz CT molecular complexity index is 607. The van der Waals surface area contributed by atoms with Crippen molar-refractivity contribution in [3.63, 3.8) is 0 Å². The normalized spacial score (nSPS) is 10.7. The van der Waals surface area contributed by atoms with Crippen molar-refractivity contribution in [2.45, 2.75) is 6.42 Å². The fourth-order valence-electron chi connectivity index (χ4n) is 1.13. The first-order valence-electron chi connectivity index (χ1n) is 4.76. The summed E-state index contributed by atoms with van der Waals surface area (Å²) in [5.41, 5.74) is -0.285. The summed E-state index contributed by atoms with van der Waals surface area (Å²) >= 11 is 0. The van der Waals surface area contributed by atoms with Gasteiger partial charge in [0, 0.05) is 5.69 Å². The maximum absolute atomic E-state index is 13.0. The van der Waals surface area contributed by atoms with E-state index in [1.54, 1.807) is 6.07 Å². The molecule has 2 N–H and O–H groups in total. The van der Waals surface area contributed by atoms with Gasteiger partial charge in [-0.25, -0.2) is 12.8 Å². The number of nitrogens with zero attached hydrogens (tertiary/aromatic N) is 1. The maximum atomic E-state index is 13.0. The van der Waals surface area contributed by atoms with Gasteiger partial charge in [0.15, 0.2) is 0 Å². The predicted octanol–water partition coefficient (Wildman–Crippen LogP) is 0.914. The molecule has 0 aliphatic carbocycles. The third kappa shape index (κ3) is 4.03. The van der Waals surface area contributed by atoms with E-state index in [0.717, 1.165) is 18.2 Å². The van der Waals surface area contributed by atoms with Crippen LogP contribution in [0.2, 0.25) is 0 Å². The molecule has 18 heavy (non-hydrogen) atoms. The first kappa shape index (κ1) is 13.9. The van der Waals surface area contributed by atoms with Crippen LogP contribution in [0.15, 0.2) is 18.2 Å². The minimum absolute atomic E-state index is 0.0124. The molecule has 0 aliphatic rings. The summed E-state index contributed by atoms with van der Waals surface area (Å²) in [5.74, 6) is -2.59. The van der Waals surface area contributed by atoms with Crippen molar-refractivity contribution >= 4 is 21.7 Å². The fourth-order valence-corrected chi connectivity index (χ4v) is 2.16. The van der Waals surface area contributed by atoms with Crippen molar-refractivity contribution in [3.05, 3.63) is 29.6 Å². The largest absolute Gasteiger partial charge is 0.481 e. The Labute approximate surface area is 103 Å². The van der Waals surface area contributed by atoms with Crippen LogP contribution in [0.5, 0.6) is 0 Å². The second-order valence-electron chi connectivity index (χ2n) is 3.37. The van der Waals surface area contributed by atoms with Gasteiger partial charge >= 0.3 is 5.97 Å². The van der Waals surface area contributed by atoms with Crippen molar-refractivity contribution in [2.75, 3.05) is 10.5 Å². The number of anilines is 1. The molecule has 8 heteroatoms. The lowest BCUT2D eigenvalue weighted by Crippen LogP contribution is -2.19. The molecule has 0 amide bonds. The van der Waals surface area contributed by atoms with E-state index in [0.29, 0.717) is 0 Å². The molecule has 0 bridgehead atoms. The van der Waals surface area contributed by atoms with E-state index in [2.05, 4.69) is 4.72 Å². The number of benzene rings is 1. The van der Waals surface area contributed by atoms with E-state index < -0.39 is 34.0 Å². The van der Waals surface area contributed by atoms with E-state index in [-0.39, 0.29) is 11.3 Å². The highest BCUT2D eigenvalue weighted by atomic mass is 32.2. The first-order valence-corrected chi connectivity index (χ1v) is 6.41. The molecule has 0 unspecified atom stereocenters. The average molecular weight is 272 g/mol. The molecule has 0 aromatic heterocycles. The van der Waals surface area contributed by atoms with E-state index in [9.17, 15) is 17.6 Å². The number of aliphatic carboxylic acids is 1. The highest BCUT2D eigenvalue weighted by Gasteiger charge is 2.13. The molecule has 1 aromatic carbocycles. The van der Waals surface area contributed by atoms with Crippen LogP contribution in [0.1, 0.15) is 12.0 Å². The van der Waals surface area contributed by atoms with Crippen molar-refractivity contribution in [2.24, 2.45) is 0 Å². The lowest BCUT2D eigenvalue weighted by atomic mass is 10.2. The van der Waals surface area contributed by atoms with E-state index >= 15 is 0 Å². The average Bonchev–Trinajstić information content (AvgIpc) is 2.29. The van der Waals surface area contributed by atoms with Crippen molar-refractivity contribution in [1.82, 2.24) is 0 Å². The molecular weight excluding hydrogens is 263 g/mol. The van der Waals surface area contributed by atoms with Gasteiger partial charge < -0.3 is 5.11 Å². The summed E-state index contributed by atoms with van der Waals surface area (Å²) in [6, 6.07) is 4.70. The molecule has 1 rings (SSSR count). The summed E-state index contributed by atoms with van der Waals surface area (Å²) in [7, 11) is -3.83. The minimum atomic E-state index is -3.83. The highest BCUT2D eigenvalue weighted by molar-refractivity contribution is 7.92. The predicted molar refractivity (Wildman–Crippen MR) is 60.8 cm³/mol. The Morgan fingerprint density at radius 3 is 2.72 bits per heavy atom. The molecule has 6 nitrogen and oxygen atoms in total. The summed E-state index contributed by atoms with van der Waals surface area (Å²) in [4.78, 5) is 10.3. The molecular formula is C10H9FN2O4S. The van der Waals surface area contributed by atoms with Crippen molar-refractivity contribution in [1.29, 1.82) is 5.26 Å². The topological polar surface area (TPSA) is 107 Å². The molecule has 0 radical (unpaired) electrons. The molecule has 0 atom stereocenters. The van der Waals surface area contributed by atoms with Gasteiger partial charge in [0.25, 0.3) is 0 Å². The molecule has 96 valence electrons. The van der Waals surface area contributed by atoms with Gasteiger partial charge in [-0.15, -0.1) is 0 Å². The van der Waals surface area contributed by atoms with E-state index in [1.165, 1.54) is 0 Å². The second kappa shape index (κ2) is 5.46. The number of carboxylic acid groups (broad SMARTS) is 1. The number of rotatable bonds is 5. The Kier molecular flexibility index (Phi) is 4.23. The maximum Gasteiger partial charge on any atom is 0.304 e. The van der Waals surface area contributed by atoms with Gasteiger partial charge in [0.1, 0.15) is 11.9 Å². The number of hydrogen-bond donors (Lipinski definition) is 2. The van der Waals surface area contributed by atoms with Crippen LogP contribution >= 0.6 is 0 Å². The molecule has 0 saturated carbocycles. The molecule has 1 aromatic rings. The number of sulfonamides is 1. The zero-order valence-electron chi connectivity index (χ0n) is 9.05. The number of hydrogen-bond acceptors (Lipinski definition) is 4. The van der Waals surface area contributed by atoms with Crippen LogP contribution in [0.25, 0.3) is 0 Å². The highest BCUT2D eigenvalue weighted by Crippen LogP contribution is 2.15. The van der Waals surface area contributed by atoms with Crippen LogP contribution in [-0.2, 0) is 14.8 Å². The molecule has 0 saturated heterocycles. The molecule has 0 fully saturated rings. The van der Waals surface area contributed by atoms with Crippen molar-refractivity contribution in [3.8, 4) is 6.07 Å². The summed E-state index contributed by atoms with van der Waals surface area (Å²) < 4.78 is 37.9. The number of halogens is 1. The van der Waals surface area contributed by atoms with Gasteiger partial charge in [-0.05, 0) is 18.2 Å². The van der Waals surface area contributed by atoms with E-state index in [4.69, 9.17) is 10.4 Å². The van der Waals surface area contributed by atoms with Gasteiger partial charge in [-0.2, -0.15) is 5.26 Å². The molecule has 0 aliphatic heterocycles. The SMILES string of the molecule is N#Cc1cc(NS(=O)(=O)CCC(=O)O)ccc1F. The van der Waals surface area contributed by atoms with Crippen LogP contribution in [0, 0.1) is 17.1 Å². The Morgan fingerprint density at radius 1 is 1.50 bits per heavy atom. The standard InChI is InChI=1S/C10H9FN2O4S/c11-9-2-1-8(5-7(9)6-12)13-18(16,17)4-3-10(14)15/h1-2,5,13H,3-4H2,(H,14,15). The zero-order chi connectivity index (χ0) is 13.8. The fraction of sp³-hybridized carbons (Fsp3) is 0.200. The third-order valence-electron chi connectivity index (χ3n) is 1.94. The smallest absolute Gasteiger partial charge is 0.304 e. The molecule has 0 spiro atoms. The van der Waals surface area contributed by atoms with Gasteiger partial charge in [0.2, 0.25) is 10.0 Å². The van der Waals surface area contributed by atoms with Crippen LogP contribution < -0.4 is 4.72 Å². The quantitative estimate of drug-likeness (QED) is 0.828. The van der Waals surface area contributed by atoms with Gasteiger partial charge in [0.05, 0.1) is 17.7 Å². The summed E-state index contributed by atoms with van der Waals surface area (Å²) in [6.07, 6.45) is -0.540. The Hall–Kier alpha value is -2.14. The Balaban J connectivity index is 2.85. The van der Waals surface area contributed by atoms with Gasteiger partial charge in [-0.1, -0.05) is 0 Å². The number of nitrogens with one attached hydrogen (secondary N) is 1. The number of carboxylic acids is 1. The number of nitriles is 1. The lowest BCUT2D eigenvalue weighted by Gasteiger charge is -2.07. The minimum Gasteiger partial charge on any atom is -0.481 e. The number of carbonyl (C=O) groups is 1. The van der Waals surface area contributed by atoms with Gasteiger partial charge in [-0.3, -0.25) is 9.52 Å². The summed E-state index contributed by atoms with van der Waals surface area (Å²) in [6.45, 7) is 0. The van der Waals surface area contributed by atoms with Crippen molar-refractivity contribution < 1.29 is 22.7 Å². The first-order chi connectivity index (χ1) is 8.34. The second-order valence-corrected chi connectivity index (χ2v) is 5.21. The monoisotopic (exact) mass is 272 g/mol. The molecule has 0 heterocycles.